The summed E-state index contributed by atoms with van der Waals surface area (Å²) in [5, 5.41) is 18.5. The van der Waals surface area contributed by atoms with Crippen molar-refractivity contribution in [2.75, 3.05) is 11.5 Å². The lowest BCUT2D eigenvalue weighted by Gasteiger charge is -2.36. The van der Waals surface area contributed by atoms with Gasteiger partial charge in [-0.15, -0.1) is 10.2 Å². The highest BCUT2D eigenvalue weighted by molar-refractivity contribution is 8.01. The first kappa shape index (κ1) is 20.3. The van der Waals surface area contributed by atoms with Crippen molar-refractivity contribution < 1.29 is 14.6 Å². The average Bonchev–Trinajstić information content (AvgIpc) is 3.17. The summed E-state index contributed by atoms with van der Waals surface area (Å²) in [7, 11) is 0. The number of aliphatic hydroxyl groups is 1. The minimum atomic E-state index is -0.489. The number of hydrogen-bond acceptors (Lipinski definition) is 8. The third kappa shape index (κ3) is 5.15. The molecule has 0 unspecified atom stereocenters. The van der Waals surface area contributed by atoms with Crippen LogP contribution in [-0.2, 0) is 16.1 Å². The number of benzene rings is 2. The van der Waals surface area contributed by atoms with Crippen molar-refractivity contribution in [3.05, 3.63) is 70.2 Å². The van der Waals surface area contributed by atoms with E-state index in [1.807, 2.05) is 55.5 Å². The molecule has 3 aromatic rings. The fraction of sp³-hybridized carbons (Fsp3) is 0.333. The van der Waals surface area contributed by atoms with Gasteiger partial charge in [-0.25, -0.2) is 0 Å². The van der Waals surface area contributed by atoms with Crippen LogP contribution in [0.1, 0.15) is 40.5 Å². The predicted octanol–water partition coefficient (Wildman–Crippen LogP) is 4.26. The van der Waals surface area contributed by atoms with E-state index in [1.165, 1.54) is 0 Å². The molecule has 0 saturated carbocycles. The fourth-order valence-corrected chi connectivity index (χ4v) is 5.09. The molecule has 2 aromatic carbocycles. The van der Waals surface area contributed by atoms with Crippen LogP contribution in [0.25, 0.3) is 0 Å². The first-order valence-electron chi connectivity index (χ1n) is 9.39. The van der Waals surface area contributed by atoms with Gasteiger partial charge in [0, 0.05) is 23.4 Å². The molecular formula is C21H23N3O3S2. The molecule has 0 amide bonds. The number of aryl methyl sites for hydroxylation is 1. The van der Waals surface area contributed by atoms with Gasteiger partial charge < -0.3 is 20.3 Å². The summed E-state index contributed by atoms with van der Waals surface area (Å²) in [6, 6.07) is 15.5. The molecule has 0 radical (unpaired) electrons. The lowest BCUT2D eigenvalue weighted by Crippen LogP contribution is -2.31. The Morgan fingerprint density at radius 3 is 2.66 bits per heavy atom. The Labute approximate surface area is 178 Å². The van der Waals surface area contributed by atoms with Gasteiger partial charge in [0.2, 0.25) is 0 Å². The summed E-state index contributed by atoms with van der Waals surface area (Å²) in [5.74, 6) is 0.766. The van der Waals surface area contributed by atoms with Gasteiger partial charge in [0.15, 0.2) is 10.6 Å². The van der Waals surface area contributed by atoms with Crippen LogP contribution in [0.3, 0.4) is 0 Å². The van der Waals surface area contributed by atoms with E-state index in [-0.39, 0.29) is 18.8 Å². The van der Waals surface area contributed by atoms with Gasteiger partial charge >= 0.3 is 0 Å². The van der Waals surface area contributed by atoms with Gasteiger partial charge in [-0.1, -0.05) is 59.5 Å². The van der Waals surface area contributed by atoms with Crippen LogP contribution in [0.2, 0.25) is 0 Å². The first-order valence-corrected chi connectivity index (χ1v) is 11.2. The number of nitrogens with two attached hydrogens (primary N) is 1. The zero-order chi connectivity index (χ0) is 20.2. The quantitative estimate of drug-likeness (QED) is 0.447. The van der Waals surface area contributed by atoms with Gasteiger partial charge in [0.1, 0.15) is 5.01 Å². The Hall–Kier alpha value is -1.97. The van der Waals surface area contributed by atoms with Crippen LogP contribution in [0.15, 0.2) is 52.9 Å². The van der Waals surface area contributed by atoms with E-state index in [9.17, 15) is 5.11 Å². The second kappa shape index (κ2) is 9.23. The fourth-order valence-electron chi connectivity index (χ4n) is 3.23. The van der Waals surface area contributed by atoms with E-state index in [2.05, 4.69) is 10.2 Å². The van der Waals surface area contributed by atoms with Crippen LogP contribution in [-0.4, -0.2) is 27.2 Å². The number of aliphatic hydroxyl groups excluding tert-OH is 1. The number of nitrogen functional groups attached to an aromatic ring is 1. The van der Waals surface area contributed by atoms with Crippen LogP contribution < -0.4 is 5.73 Å². The molecule has 2 heterocycles. The van der Waals surface area contributed by atoms with Gasteiger partial charge in [-0.2, -0.15) is 0 Å². The summed E-state index contributed by atoms with van der Waals surface area (Å²) in [4.78, 5) is 0. The minimum absolute atomic E-state index is 0.00750. The Kier molecular flexibility index (Phi) is 6.46. The first-order chi connectivity index (χ1) is 14.1. The molecule has 1 fully saturated rings. The molecule has 29 heavy (non-hydrogen) atoms. The maximum absolute atomic E-state index is 9.30. The molecule has 8 heteroatoms. The number of aromatic nitrogens is 2. The van der Waals surface area contributed by atoms with E-state index in [1.54, 1.807) is 23.1 Å². The second-order valence-corrected chi connectivity index (χ2v) is 9.37. The lowest BCUT2D eigenvalue weighted by molar-refractivity contribution is -0.245. The van der Waals surface area contributed by atoms with Crippen molar-refractivity contribution in [2.24, 2.45) is 0 Å². The molecule has 0 spiro atoms. The maximum Gasteiger partial charge on any atom is 0.184 e. The number of anilines is 1. The van der Waals surface area contributed by atoms with Crippen molar-refractivity contribution in [3.8, 4) is 0 Å². The number of rotatable bonds is 6. The molecule has 4 rings (SSSR count). The smallest absolute Gasteiger partial charge is 0.184 e. The number of thioether (sulfide) groups is 1. The van der Waals surface area contributed by atoms with E-state index in [4.69, 9.17) is 15.2 Å². The molecule has 1 aliphatic rings. The highest BCUT2D eigenvalue weighted by Crippen LogP contribution is 2.39. The van der Waals surface area contributed by atoms with E-state index >= 15 is 0 Å². The Balaban J connectivity index is 1.53. The molecule has 0 aliphatic carbocycles. The van der Waals surface area contributed by atoms with Gasteiger partial charge in [0.25, 0.3) is 0 Å². The van der Waals surface area contributed by atoms with Crippen LogP contribution in [0, 0.1) is 6.92 Å². The van der Waals surface area contributed by atoms with Crippen molar-refractivity contribution in [1.29, 1.82) is 0 Å². The lowest BCUT2D eigenvalue weighted by atomic mass is 10.0. The zero-order valence-corrected chi connectivity index (χ0v) is 17.7. The van der Waals surface area contributed by atoms with Crippen molar-refractivity contribution in [1.82, 2.24) is 10.2 Å². The van der Waals surface area contributed by atoms with Gasteiger partial charge in [0.05, 0.1) is 18.8 Å². The monoisotopic (exact) mass is 429 g/mol. The largest absolute Gasteiger partial charge is 0.399 e. The SMILES string of the molecule is Cc1nnc(SC[C@@H]2C[C@H](c3ccc(CO)cc3)O[C@H](c3cccc(N)c3)O2)s1. The predicted molar refractivity (Wildman–Crippen MR) is 115 cm³/mol. The molecule has 3 atom stereocenters. The number of hydrogen-bond donors (Lipinski definition) is 2. The van der Waals surface area contributed by atoms with E-state index in [0.717, 1.165) is 38.2 Å². The number of nitrogens with zero attached hydrogens (tertiary/aromatic N) is 2. The Morgan fingerprint density at radius 2 is 1.97 bits per heavy atom. The molecule has 1 saturated heterocycles. The van der Waals surface area contributed by atoms with Gasteiger partial charge in [-0.05, 0) is 30.2 Å². The number of ether oxygens (including phenoxy) is 2. The van der Waals surface area contributed by atoms with Crippen LogP contribution in [0.4, 0.5) is 5.69 Å². The average molecular weight is 430 g/mol. The second-order valence-electron chi connectivity index (χ2n) is 6.92. The molecule has 152 valence electrons. The zero-order valence-electron chi connectivity index (χ0n) is 16.0. The molecular weight excluding hydrogens is 406 g/mol. The highest BCUT2D eigenvalue weighted by Gasteiger charge is 2.32. The molecule has 0 bridgehead atoms. The van der Waals surface area contributed by atoms with Crippen molar-refractivity contribution in [2.45, 2.75) is 42.8 Å². The third-order valence-corrected chi connectivity index (χ3v) is 6.80. The maximum atomic E-state index is 9.30. The third-order valence-electron chi connectivity index (χ3n) is 4.70. The molecule has 3 N–H and O–H groups in total. The Bertz CT molecular complexity index is 948. The summed E-state index contributed by atoms with van der Waals surface area (Å²) in [6.07, 6.45) is 0.135. The molecule has 6 nitrogen and oxygen atoms in total. The topological polar surface area (TPSA) is 90.5 Å². The van der Waals surface area contributed by atoms with E-state index in [0.29, 0.717) is 5.69 Å². The summed E-state index contributed by atoms with van der Waals surface area (Å²) in [6.45, 7) is 1.98. The Morgan fingerprint density at radius 1 is 1.14 bits per heavy atom. The summed E-state index contributed by atoms with van der Waals surface area (Å²) in [5.41, 5.74) is 9.50. The summed E-state index contributed by atoms with van der Waals surface area (Å²) < 4.78 is 13.5. The van der Waals surface area contributed by atoms with Gasteiger partial charge in [-0.3, -0.25) is 0 Å². The summed E-state index contributed by atoms with van der Waals surface area (Å²) >= 11 is 3.25. The highest BCUT2D eigenvalue weighted by atomic mass is 32.2. The standard InChI is InChI=1S/C21H23N3O3S2/c1-13-23-24-21(29-13)28-12-18-10-19(15-7-5-14(11-25)6-8-15)27-20(26-18)16-3-2-4-17(22)9-16/h2-9,18-20,25H,10-12,22H2,1H3/t18-,19+,20+/m0/s1. The molecule has 1 aliphatic heterocycles. The minimum Gasteiger partial charge on any atom is -0.399 e. The van der Waals surface area contributed by atoms with Crippen molar-refractivity contribution >= 4 is 28.8 Å². The van der Waals surface area contributed by atoms with Crippen molar-refractivity contribution in [3.63, 3.8) is 0 Å². The van der Waals surface area contributed by atoms with Crippen LogP contribution >= 0.6 is 23.1 Å². The van der Waals surface area contributed by atoms with Crippen LogP contribution in [0.5, 0.6) is 0 Å². The van der Waals surface area contributed by atoms with E-state index < -0.39 is 6.29 Å². The normalized spacial score (nSPS) is 21.9. The molecule has 1 aromatic heterocycles.